The summed E-state index contributed by atoms with van der Waals surface area (Å²) in [7, 11) is 1.46. The molecule has 20 heavy (non-hydrogen) atoms. The van der Waals surface area contributed by atoms with Crippen LogP contribution in [0.1, 0.15) is 17.5 Å². The fraction of sp³-hybridized carbons (Fsp3) is 0.467. The Bertz CT molecular complexity index is 535. The Kier molecular flexibility index (Phi) is 3.81. The third-order valence-electron chi connectivity index (χ3n) is 3.84. The maximum absolute atomic E-state index is 12.3. The lowest BCUT2D eigenvalue weighted by atomic mass is 9.88. The van der Waals surface area contributed by atoms with E-state index in [9.17, 15) is 14.7 Å². The van der Waals surface area contributed by atoms with Crippen molar-refractivity contribution in [1.29, 1.82) is 0 Å². The van der Waals surface area contributed by atoms with E-state index < -0.39 is 11.4 Å². The Balaban J connectivity index is 2.41. The first kappa shape index (κ1) is 14.5. The molecule has 2 rings (SSSR count). The summed E-state index contributed by atoms with van der Waals surface area (Å²) in [6, 6.07) is 5.77. The molecule has 0 saturated carbocycles. The Hall–Kier alpha value is -1.88. The number of nitrogens with zero attached hydrogens (tertiary/aromatic N) is 1. The van der Waals surface area contributed by atoms with Gasteiger partial charge in [0, 0.05) is 25.8 Å². The highest BCUT2D eigenvalue weighted by atomic mass is 16.5. The molecule has 1 heterocycles. The zero-order valence-corrected chi connectivity index (χ0v) is 12.0. The van der Waals surface area contributed by atoms with Gasteiger partial charge in [-0.3, -0.25) is 9.59 Å². The van der Waals surface area contributed by atoms with Crippen LogP contribution in [-0.4, -0.2) is 37.2 Å². The predicted molar refractivity (Wildman–Crippen MR) is 74.8 cm³/mol. The predicted octanol–water partition coefficient (Wildman–Crippen LogP) is 1.76. The molecular formula is C15H19NO4. The van der Waals surface area contributed by atoms with E-state index >= 15 is 0 Å². The number of ether oxygens (including phenoxy) is 1. The molecule has 5 heteroatoms. The molecule has 0 spiro atoms. The van der Waals surface area contributed by atoms with Crippen molar-refractivity contribution in [1.82, 2.24) is 0 Å². The molecule has 1 atom stereocenters. The molecule has 0 bridgehead atoms. The van der Waals surface area contributed by atoms with E-state index in [1.165, 1.54) is 7.11 Å². The third kappa shape index (κ3) is 2.29. The molecule has 1 aromatic rings. The summed E-state index contributed by atoms with van der Waals surface area (Å²) in [5, 5.41) is 9.46. The van der Waals surface area contributed by atoms with Crippen LogP contribution in [-0.2, 0) is 14.3 Å². The van der Waals surface area contributed by atoms with Crippen LogP contribution in [0.3, 0.4) is 0 Å². The Morgan fingerprint density at radius 3 is 2.50 bits per heavy atom. The first-order valence-corrected chi connectivity index (χ1v) is 6.50. The van der Waals surface area contributed by atoms with Gasteiger partial charge in [0.25, 0.3) is 0 Å². The molecule has 0 radical (unpaired) electrons. The minimum Gasteiger partial charge on any atom is -0.481 e. The molecule has 1 unspecified atom stereocenters. The maximum Gasteiger partial charge on any atom is 0.314 e. The number of hydrogen-bond acceptors (Lipinski definition) is 3. The summed E-state index contributed by atoms with van der Waals surface area (Å²) >= 11 is 0. The van der Waals surface area contributed by atoms with Crippen molar-refractivity contribution in [3.63, 3.8) is 0 Å². The van der Waals surface area contributed by atoms with Crippen LogP contribution in [0.5, 0.6) is 0 Å². The Morgan fingerprint density at radius 2 is 2.00 bits per heavy atom. The number of carboxylic acids is 1. The number of hydrogen-bond donors (Lipinski definition) is 1. The molecule has 0 aromatic heterocycles. The number of carbonyl (C=O) groups is 2. The molecule has 1 aliphatic heterocycles. The molecular weight excluding hydrogens is 258 g/mol. The number of carboxylic acid groups (broad SMARTS) is 1. The normalized spacial score (nSPS) is 22.4. The number of rotatable bonds is 4. The van der Waals surface area contributed by atoms with E-state index in [2.05, 4.69) is 0 Å². The quantitative estimate of drug-likeness (QED) is 0.910. The average molecular weight is 277 g/mol. The summed E-state index contributed by atoms with van der Waals surface area (Å²) < 4.78 is 5.02. The standard InChI is InChI=1S/C15H19NO4/c1-10-5-4-6-11(2)13(10)16-8-15(9-20-3,14(18)19)7-12(16)17/h4-6H,7-9H2,1-3H3,(H,18,19). The number of methoxy groups -OCH3 is 1. The van der Waals surface area contributed by atoms with Crippen molar-refractivity contribution in [3.05, 3.63) is 29.3 Å². The van der Waals surface area contributed by atoms with Crippen LogP contribution in [0, 0.1) is 19.3 Å². The van der Waals surface area contributed by atoms with Gasteiger partial charge < -0.3 is 14.7 Å². The molecule has 1 aromatic carbocycles. The van der Waals surface area contributed by atoms with E-state index in [1.807, 2.05) is 32.0 Å². The first-order valence-electron chi connectivity index (χ1n) is 6.50. The molecule has 0 aliphatic carbocycles. The third-order valence-corrected chi connectivity index (χ3v) is 3.84. The molecule has 5 nitrogen and oxygen atoms in total. The fourth-order valence-electron chi connectivity index (χ4n) is 2.84. The number of carbonyl (C=O) groups excluding carboxylic acids is 1. The number of anilines is 1. The average Bonchev–Trinajstić information content (AvgIpc) is 2.68. The van der Waals surface area contributed by atoms with E-state index in [-0.39, 0.29) is 25.5 Å². The van der Waals surface area contributed by atoms with Crippen LogP contribution in [0.4, 0.5) is 5.69 Å². The molecule has 1 amide bonds. The largest absolute Gasteiger partial charge is 0.481 e. The van der Waals surface area contributed by atoms with Crippen LogP contribution in [0.15, 0.2) is 18.2 Å². The van der Waals surface area contributed by atoms with Gasteiger partial charge >= 0.3 is 5.97 Å². The van der Waals surface area contributed by atoms with Gasteiger partial charge in [-0.2, -0.15) is 0 Å². The minimum atomic E-state index is -1.15. The second-order valence-corrected chi connectivity index (χ2v) is 5.42. The number of benzene rings is 1. The van der Waals surface area contributed by atoms with E-state index in [0.29, 0.717) is 0 Å². The van der Waals surface area contributed by atoms with Gasteiger partial charge in [-0.25, -0.2) is 0 Å². The fourth-order valence-corrected chi connectivity index (χ4v) is 2.84. The lowest BCUT2D eigenvalue weighted by Gasteiger charge is -2.25. The van der Waals surface area contributed by atoms with E-state index in [0.717, 1.165) is 16.8 Å². The van der Waals surface area contributed by atoms with Gasteiger partial charge in [-0.05, 0) is 25.0 Å². The lowest BCUT2D eigenvalue weighted by molar-refractivity contribution is -0.151. The van der Waals surface area contributed by atoms with Gasteiger partial charge in [0.15, 0.2) is 0 Å². The second-order valence-electron chi connectivity index (χ2n) is 5.42. The monoisotopic (exact) mass is 277 g/mol. The van der Waals surface area contributed by atoms with Crippen molar-refractivity contribution in [3.8, 4) is 0 Å². The number of para-hydroxylation sites is 1. The Labute approximate surface area is 118 Å². The minimum absolute atomic E-state index is 0.0239. The Morgan fingerprint density at radius 1 is 1.40 bits per heavy atom. The molecule has 108 valence electrons. The maximum atomic E-state index is 12.3. The summed E-state index contributed by atoms with van der Waals surface area (Å²) in [6.45, 7) is 4.04. The van der Waals surface area contributed by atoms with E-state index in [4.69, 9.17) is 4.74 Å². The van der Waals surface area contributed by atoms with Crippen LogP contribution < -0.4 is 4.90 Å². The van der Waals surface area contributed by atoms with Crippen molar-refractivity contribution >= 4 is 17.6 Å². The molecule has 1 aliphatic rings. The van der Waals surface area contributed by atoms with Gasteiger partial charge in [-0.15, -0.1) is 0 Å². The van der Waals surface area contributed by atoms with Gasteiger partial charge in [0.1, 0.15) is 5.41 Å². The second kappa shape index (κ2) is 5.25. The number of aliphatic carboxylic acids is 1. The highest BCUT2D eigenvalue weighted by molar-refractivity contribution is 6.02. The lowest BCUT2D eigenvalue weighted by Crippen LogP contribution is -2.39. The highest BCUT2D eigenvalue weighted by Crippen LogP contribution is 2.37. The first-order chi connectivity index (χ1) is 9.41. The summed E-state index contributed by atoms with van der Waals surface area (Å²) in [5.41, 5.74) is 1.60. The van der Waals surface area contributed by atoms with Crippen LogP contribution in [0.2, 0.25) is 0 Å². The molecule has 1 fully saturated rings. The van der Waals surface area contributed by atoms with Gasteiger partial charge in [-0.1, -0.05) is 18.2 Å². The summed E-state index contributed by atoms with van der Waals surface area (Å²) in [4.78, 5) is 25.4. The van der Waals surface area contributed by atoms with Crippen molar-refractivity contribution in [2.75, 3.05) is 25.2 Å². The van der Waals surface area contributed by atoms with Crippen LogP contribution >= 0.6 is 0 Å². The summed E-state index contributed by atoms with van der Waals surface area (Å²) in [6.07, 6.45) is -0.0239. The highest BCUT2D eigenvalue weighted by Gasteiger charge is 2.50. The van der Waals surface area contributed by atoms with Gasteiger partial charge in [0.2, 0.25) is 5.91 Å². The number of aryl methyl sites for hydroxylation is 2. The topological polar surface area (TPSA) is 66.8 Å². The zero-order valence-electron chi connectivity index (χ0n) is 12.0. The molecule has 1 N–H and O–H groups in total. The van der Waals surface area contributed by atoms with Crippen molar-refractivity contribution < 1.29 is 19.4 Å². The zero-order chi connectivity index (χ0) is 14.9. The SMILES string of the molecule is COCC1(C(=O)O)CC(=O)N(c2c(C)cccc2C)C1. The molecule has 1 saturated heterocycles. The van der Waals surface area contributed by atoms with Crippen molar-refractivity contribution in [2.45, 2.75) is 20.3 Å². The number of amides is 1. The van der Waals surface area contributed by atoms with Crippen LogP contribution in [0.25, 0.3) is 0 Å². The smallest absolute Gasteiger partial charge is 0.314 e. The van der Waals surface area contributed by atoms with E-state index in [1.54, 1.807) is 4.90 Å². The summed E-state index contributed by atoms with van der Waals surface area (Å²) in [5.74, 6) is -1.15. The van der Waals surface area contributed by atoms with Crippen molar-refractivity contribution in [2.24, 2.45) is 5.41 Å². The van der Waals surface area contributed by atoms with Gasteiger partial charge in [0.05, 0.1) is 6.61 Å².